The molecule has 17 heavy (non-hydrogen) atoms. The second-order valence-electron chi connectivity index (χ2n) is 5.38. The highest BCUT2D eigenvalue weighted by atomic mass is 15.2. The number of nitrogens with one attached hydrogen (secondary N) is 1. The maximum Gasteiger partial charge on any atom is 0.0247 e. The van der Waals surface area contributed by atoms with Gasteiger partial charge in [-0.05, 0) is 38.5 Å². The van der Waals surface area contributed by atoms with E-state index in [1.54, 1.807) is 5.57 Å². The van der Waals surface area contributed by atoms with Gasteiger partial charge in [0.1, 0.15) is 0 Å². The second-order valence-corrected chi connectivity index (χ2v) is 5.38. The number of hydrogen-bond acceptors (Lipinski definition) is 2. The van der Waals surface area contributed by atoms with Crippen molar-refractivity contribution in [1.82, 2.24) is 5.43 Å². The maximum atomic E-state index is 5.65. The zero-order valence-electron chi connectivity index (χ0n) is 11.5. The lowest BCUT2D eigenvalue weighted by molar-refractivity contribution is 0.451. The van der Waals surface area contributed by atoms with Crippen LogP contribution in [0.2, 0.25) is 0 Å². The van der Waals surface area contributed by atoms with Gasteiger partial charge < -0.3 is 0 Å². The Morgan fingerprint density at radius 1 is 1.24 bits per heavy atom. The minimum absolute atomic E-state index is 0.501. The Bertz CT molecular complexity index is 211. The summed E-state index contributed by atoms with van der Waals surface area (Å²) in [5, 5.41) is 0. The van der Waals surface area contributed by atoms with E-state index in [4.69, 9.17) is 5.84 Å². The van der Waals surface area contributed by atoms with E-state index in [0.29, 0.717) is 6.04 Å². The summed E-state index contributed by atoms with van der Waals surface area (Å²) in [6, 6.07) is 0.501. The van der Waals surface area contributed by atoms with Crippen LogP contribution in [0.4, 0.5) is 0 Å². The van der Waals surface area contributed by atoms with E-state index >= 15 is 0 Å². The van der Waals surface area contributed by atoms with Crippen molar-refractivity contribution in [1.29, 1.82) is 0 Å². The summed E-state index contributed by atoms with van der Waals surface area (Å²) in [6.45, 7) is 2.26. The molecule has 0 saturated carbocycles. The lowest BCUT2D eigenvalue weighted by atomic mass is 9.92. The molecular weight excluding hydrogens is 208 g/mol. The molecule has 1 aliphatic carbocycles. The fourth-order valence-electron chi connectivity index (χ4n) is 2.65. The van der Waals surface area contributed by atoms with Crippen LogP contribution in [-0.4, -0.2) is 6.04 Å². The quantitative estimate of drug-likeness (QED) is 0.275. The number of allylic oxidation sites excluding steroid dienone is 1. The molecule has 0 aromatic rings. The molecule has 1 atom stereocenters. The van der Waals surface area contributed by atoms with Crippen molar-refractivity contribution in [2.45, 2.75) is 83.6 Å². The van der Waals surface area contributed by atoms with Crippen LogP contribution in [0.3, 0.4) is 0 Å². The fourth-order valence-corrected chi connectivity index (χ4v) is 2.65. The summed E-state index contributed by atoms with van der Waals surface area (Å²) < 4.78 is 0. The van der Waals surface area contributed by atoms with Crippen molar-refractivity contribution in [3.05, 3.63) is 11.6 Å². The van der Waals surface area contributed by atoms with Crippen molar-refractivity contribution >= 4 is 0 Å². The lowest BCUT2D eigenvalue weighted by Gasteiger charge is -2.20. The first-order valence-corrected chi connectivity index (χ1v) is 7.50. The minimum Gasteiger partial charge on any atom is -0.271 e. The molecule has 1 unspecified atom stereocenters. The Kier molecular flexibility index (Phi) is 8.37. The molecule has 0 aromatic heterocycles. The van der Waals surface area contributed by atoms with Crippen LogP contribution in [0, 0.1) is 0 Å². The van der Waals surface area contributed by atoms with Crippen LogP contribution >= 0.6 is 0 Å². The van der Waals surface area contributed by atoms with Gasteiger partial charge in [-0.25, -0.2) is 0 Å². The number of rotatable bonds is 9. The Balaban J connectivity index is 2.12. The number of hydrazine groups is 1. The van der Waals surface area contributed by atoms with Gasteiger partial charge in [-0.2, -0.15) is 0 Å². The van der Waals surface area contributed by atoms with Crippen LogP contribution < -0.4 is 11.3 Å². The molecule has 0 spiro atoms. The van der Waals surface area contributed by atoms with E-state index in [2.05, 4.69) is 18.4 Å². The number of nitrogens with two attached hydrogens (primary N) is 1. The lowest BCUT2D eigenvalue weighted by Crippen LogP contribution is -2.35. The van der Waals surface area contributed by atoms with E-state index in [0.717, 1.165) is 0 Å². The predicted octanol–water partition coefficient (Wildman–Crippen LogP) is 4.07. The molecule has 0 aromatic carbocycles. The Labute approximate surface area is 107 Å². The summed E-state index contributed by atoms with van der Waals surface area (Å²) in [4.78, 5) is 0. The second kappa shape index (κ2) is 9.67. The summed E-state index contributed by atoms with van der Waals surface area (Å²) in [5.41, 5.74) is 4.63. The molecule has 0 fully saturated rings. The van der Waals surface area contributed by atoms with Crippen molar-refractivity contribution in [3.63, 3.8) is 0 Å². The van der Waals surface area contributed by atoms with E-state index in [-0.39, 0.29) is 0 Å². The highest BCUT2D eigenvalue weighted by molar-refractivity contribution is 5.06. The van der Waals surface area contributed by atoms with E-state index in [9.17, 15) is 0 Å². The third-order valence-corrected chi connectivity index (χ3v) is 3.79. The smallest absolute Gasteiger partial charge is 0.0247 e. The molecule has 2 nitrogen and oxygen atoms in total. The largest absolute Gasteiger partial charge is 0.271 e. The van der Waals surface area contributed by atoms with Crippen molar-refractivity contribution in [2.24, 2.45) is 5.84 Å². The minimum atomic E-state index is 0.501. The zero-order chi connectivity index (χ0) is 12.3. The molecule has 3 N–H and O–H groups in total. The normalized spacial score (nSPS) is 17.9. The molecule has 0 saturated heterocycles. The van der Waals surface area contributed by atoms with Gasteiger partial charge >= 0.3 is 0 Å². The average Bonchev–Trinajstić information content (AvgIpc) is 2.38. The first kappa shape index (κ1) is 14.7. The standard InChI is InChI=1S/C15H30N2/c1-2-3-4-5-9-12-15(17-16)13-14-10-7-6-8-11-14/h10,15,17H,2-9,11-13,16H2,1H3. The number of unbranched alkanes of at least 4 members (excludes halogenated alkanes) is 4. The highest BCUT2D eigenvalue weighted by Crippen LogP contribution is 2.22. The molecule has 0 radical (unpaired) electrons. The van der Waals surface area contributed by atoms with Gasteiger partial charge in [0, 0.05) is 6.04 Å². The topological polar surface area (TPSA) is 38.0 Å². The number of hydrogen-bond donors (Lipinski definition) is 2. The van der Waals surface area contributed by atoms with Gasteiger partial charge in [-0.3, -0.25) is 11.3 Å². The Morgan fingerprint density at radius 2 is 2.06 bits per heavy atom. The van der Waals surface area contributed by atoms with Crippen molar-refractivity contribution < 1.29 is 0 Å². The molecule has 1 aliphatic rings. The fraction of sp³-hybridized carbons (Fsp3) is 0.867. The van der Waals surface area contributed by atoms with Crippen LogP contribution in [-0.2, 0) is 0 Å². The van der Waals surface area contributed by atoms with E-state index in [1.165, 1.54) is 70.6 Å². The first-order valence-electron chi connectivity index (χ1n) is 7.50. The van der Waals surface area contributed by atoms with Gasteiger partial charge in [0.2, 0.25) is 0 Å². The maximum absolute atomic E-state index is 5.65. The molecule has 100 valence electrons. The van der Waals surface area contributed by atoms with Crippen LogP contribution in [0.15, 0.2) is 11.6 Å². The van der Waals surface area contributed by atoms with Crippen molar-refractivity contribution in [2.75, 3.05) is 0 Å². The molecule has 0 amide bonds. The third kappa shape index (κ3) is 6.85. The van der Waals surface area contributed by atoms with Gasteiger partial charge in [0.05, 0.1) is 0 Å². The summed E-state index contributed by atoms with van der Waals surface area (Å²) in [7, 11) is 0. The molecule has 0 aliphatic heterocycles. The van der Waals surface area contributed by atoms with Crippen LogP contribution in [0.25, 0.3) is 0 Å². The molecular formula is C15H30N2. The Morgan fingerprint density at radius 3 is 2.71 bits per heavy atom. The predicted molar refractivity (Wildman–Crippen MR) is 75.7 cm³/mol. The van der Waals surface area contributed by atoms with E-state index in [1.807, 2.05) is 0 Å². The summed E-state index contributed by atoms with van der Waals surface area (Å²) in [5.74, 6) is 5.65. The van der Waals surface area contributed by atoms with Gasteiger partial charge in [0.15, 0.2) is 0 Å². The molecule has 0 heterocycles. The monoisotopic (exact) mass is 238 g/mol. The van der Waals surface area contributed by atoms with Gasteiger partial charge in [0.25, 0.3) is 0 Å². The Hall–Kier alpha value is -0.340. The van der Waals surface area contributed by atoms with E-state index < -0.39 is 0 Å². The third-order valence-electron chi connectivity index (χ3n) is 3.79. The molecule has 1 rings (SSSR count). The van der Waals surface area contributed by atoms with Crippen LogP contribution in [0.1, 0.15) is 77.6 Å². The summed E-state index contributed by atoms with van der Waals surface area (Å²) >= 11 is 0. The first-order chi connectivity index (χ1) is 8.36. The van der Waals surface area contributed by atoms with Crippen molar-refractivity contribution in [3.8, 4) is 0 Å². The highest BCUT2D eigenvalue weighted by Gasteiger charge is 2.11. The molecule has 2 heteroatoms. The van der Waals surface area contributed by atoms with Crippen LogP contribution in [0.5, 0.6) is 0 Å². The van der Waals surface area contributed by atoms with Gasteiger partial charge in [-0.15, -0.1) is 0 Å². The average molecular weight is 238 g/mol. The summed E-state index contributed by atoms with van der Waals surface area (Å²) in [6.07, 6.45) is 17.0. The SMILES string of the molecule is CCCCCCCC(CC1=CCCCC1)NN. The molecule has 0 bridgehead atoms. The van der Waals surface area contributed by atoms with Gasteiger partial charge in [-0.1, -0.05) is 50.7 Å². The zero-order valence-corrected chi connectivity index (χ0v) is 11.5.